The van der Waals surface area contributed by atoms with E-state index in [0.29, 0.717) is 17.8 Å². The monoisotopic (exact) mass is 408 g/mol. The van der Waals surface area contributed by atoms with E-state index in [-0.39, 0.29) is 10.8 Å². The van der Waals surface area contributed by atoms with Crippen LogP contribution in [0, 0.1) is 0 Å². The van der Waals surface area contributed by atoms with Crippen LogP contribution in [0.3, 0.4) is 0 Å². The smallest absolute Gasteiger partial charge is 0.264 e. The number of rotatable bonds is 8. The standard InChI is InChI=1S/C23H24N2O3S/c1-25(29(27,28)22-12-6-3-7-13-22)21-16-14-20(15-17-21)23(26)24-18-8-11-19-9-4-2-5-10-19/h2-7,9-10,12-17H,8,11,18H2,1H3,(H,24,26). The number of aryl methyl sites for hydroxylation is 1. The molecular weight excluding hydrogens is 384 g/mol. The van der Waals surface area contributed by atoms with Crippen LogP contribution in [-0.2, 0) is 16.4 Å². The highest BCUT2D eigenvalue weighted by Crippen LogP contribution is 2.22. The quantitative estimate of drug-likeness (QED) is 0.575. The summed E-state index contributed by atoms with van der Waals surface area (Å²) < 4.78 is 26.6. The van der Waals surface area contributed by atoms with E-state index in [0.717, 1.165) is 12.8 Å². The molecule has 0 aliphatic rings. The van der Waals surface area contributed by atoms with Gasteiger partial charge in [-0.3, -0.25) is 9.10 Å². The lowest BCUT2D eigenvalue weighted by Gasteiger charge is -2.19. The number of nitrogens with one attached hydrogen (secondary N) is 1. The summed E-state index contributed by atoms with van der Waals surface area (Å²) in [7, 11) is -2.14. The summed E-state index contributed by atoms with van der Waals surface area (Å²) in [5.41, 5.74) is 2.24. The minimum absolute atomic E-state index is 0.168. The lowest BCUT2D eigenvalue weighted by Crippen LogP contribution is -2.27. The van der Waals surface area contributed by atoms with Gasteiger partial charge in [-0.1, -0.05) is 48.5 Å². The van der Waals surface area contributed by atoms with Crippen LogP contribution in [0.1, 0.15) is 22.3 Å². The molecule has 0 unspecified atom stereocenters. The van der Waals surface area contributed by atoms with E-state index in [1.165, 1.54) is 16.9 Å². The summed E-state index contributed by atoms with van der Waals surface area (Å²) in [6.07, 6.45) is 1.76. The molecule has 5 nitrogen and oxygen atoms in total. The van der Waals surface area contributed by atoms with Gasteiger partial charge in [0.15, 0.2) is 0 Å². The van der Waals surface area contributed by atoms with Crippen LogP contribution in [0.4, 0.5) is 5.69 Å². The number of hydrogen-bond acceptors (Lipinski definition) is 3. The largest absolute Gasteiger partial charge is 0.352 e. The molecular formula is C23H24N2O3S. The average molecular weight is 409 g/mol. The van der Waals surface area contributed by atoms with Crippen LogP contribution < -0.4 is 9.62 Å². The van der Waals surface area contributed by atoms with Crippen LogP contribution in [0.5, 0.6) is 0 Å². The Morgan fingerprint density at radius 3 is 2.07 bits per heavy atom. The Morgan fingerprint density at radius 2 is 1.45 bits per heavy atom. The number of benzene rings is 3. The molecule has 0 saturated carbocycles. The van der Waals surface area contributed by atoms with Crippen molar-refractivity contribution < 1.29 is 13.2 Å². The van der Waals surface area contributed by atoms with Gasteiger partial charge in [0.05, 0.1) is 10.6 Å². The second kappa shape index (κ2) is 9.39. The van der Waals surface area contributed by atoms with E-state index in [1.807, 2.05) is 18.2 Å². The van der Waals surface area contributed by atoms with E-state index in [2.05, 4.69) is 17.4 Å². The van der Waals surface area contributed by atoms with Gasteiger partial charge in [0, 0.05) is 19.2 Å². The van der Waals surface area contributed by atoms with Gasteiger partial charge < -0.3 is 5.32 Å². The molecule has 0 bridgehead atoms. The molecule has 0 heterocycles. The van der Waals surface area contributed by atoms with Crippen molar-refractivity contribution in [2.24, 2.45) is 0 Å². The third-order valence-electron chi connectivity index (χ3n) is 4.67. The van der Waals surface area contributed by atoms with E-state index < -0.39 is 10.0 Å². The lowest BCUT2D eigenvalue weighted by molar-refractivity contribution is 0.0953. The molecule has 0 aliphatic heterocycles. The van der Waals surface area contributed by atoms with Gasteiger partial charge in [-0.2, -0.15) is 0 Å². The van der Waals surface area contributed by atoms with Gasteiger partial charge in [-0.05, 0) is 54.8 Å². The molecule has 0 saturated heterocycles. The molecule has 0 fully saturated rings. The fourth-order valence-corrected chi connectivity index (χ4v) is 4.17. The number of carbonyl (C=O) groups is 1. The van der Waals surface area contributed by atoms with Crippen molar-refractivity contribution in [3.05, 3.63) is 96.1 Å². The lowest BCUT2D eigenvalue weighted by atomic mass is 10.1. The van der Waals surface area contributed by atoms with Crippen molar-refractivity contribution in [1.82, 2.24) is 5.32 Å². The first-order chi connectivity index (χ1) is 14.0. The summed E-state index contributed by atoms with van der Waals surface area (Å²) in [6, 6.07) is 24.9. The van der Waals surface area contributed by atoms with Crippen LogP contribution in [0.2, 0.25) is 0 Å². The summed E-state index contributed by atoms with van der Waals surface area (Å²) in [5, 5.41) is 2.90. The zero-order valence-electron chi connectivity index (χ0n) is 16.3. The Bertz CT molecular complexity index is 1030. The van der Waals surface area contributed by atoms with E-state index in [1.54, 1.807) is 54.6 Å². The normalized spacial score (nSPS) is 11.1. The van der Waals surface area contributed by atoms with E-state index in [4.69, 9.17) is 0 Å². The molecule has 0 aromatic heterocycles. The fourth-order valence-electron chi connectivity index (χ4n) is 2.95. The average Bonchev–Trinajstić information content (AvgIpc) is 2.77. The van der Waals surface area contributed by atoms with Crippen LogP contribution >= 0.6 is 0 Å². The van der Waals surface area contributed by atoms with Gasteiger partial charge in [-0.25, -0.2) is 8.42 Å². The van der Waals surface area contributed by atoms with Crippen molar-refractivity contribution in [3.8, 4) is 0 Å². The Hall–Kier alpha value is -3.12. The first-order valence-corrected chi connectivity index (χ1v) is 10.9. The molecule has 3 rings (SSSR count). The summed E-state index contributed by atoms with van der Waals surface area (Å²) in [6.45, 7) is 0.581. The molecule has 3 aromatic carbocycles. The maximum atomic E-state index is 12.7. The van der Waals surface area contributed by atoms with Crippen LogP contribution in [0.15, 0.2) is 89.8 Å². The topological polar surface area (TPSA) is 66.5 Å². The maximum absolute atomic E-state index is 12.7. The molecule has 150 valence electrons. The van der Waals surface area contributed by atoms with Gasteiger partial charge in [-0.15, -0.1) is 0 Å². The summed E-state index contributed by atoms with van der Waals surface area (Å²) in [4.78, 5) is 12.5. The zero-order valence-corrected chi connectivity index (χ0v) is 17.1. The zero-order chi connectivity index (χ0) is 20.7. The SMILES string of the molecule is CN(c1ccc(C(=O)NCCCc2ccccc2)cc1)S(=O)(=O)c1ccccc1. The summed E-state index contributed by atoms with van der Waals surface area (Å²) >= 11 is 0. The number of hydrogen-bond donors (Lipinski definition) is 1. The Balaban J connectivity index is 1.57. The first kappa shape index (κ1) is 20.6. The fraction of sp³-hybridized carbons (Fsp3) is 0.174. The number of amides is 1. The second-order valence-electron chi connectivity index (χ2n) is 6.68. The first-order valence-electron chi connectivity index (χ1n) is 9.44. The number of nitrogens with zero attached hydrogens (tertiary/aromatic N) is 1. The molecule has 0 aliphatic carbocycles. The molecule has 1 amide bonds. The van der Waals surface area contributed by atoms with Gasteiger partial charge in [0.25, 0.3) is 15.9 Å². The third kappa shape index (κ3) is 5.23. The molecule has 1 N–H and O–H groups in total. The minimum atomic E-state index is -3.64. The van der Waals surface area contributed by atoms with Gasteiger partial charge >= 0.3 is 0 Å². The number of carbonyl (C=O) groups excluding carboxylic acids is 1. The Morgan fingerprint density at radius 1 is 0.862 bits per heavy atom. The maximum Gasteiger partial charge on any atom is 0.264 e. The molecule has 6 heteroatoms. The van der Waals surface area contributed by atoms with Crippen LogP contribution in [0.25, 0.3) is 0 Å². The highest BCUT2D eigenvalue weighted by molar-refractivity contribution is 7.92. The second-order valence-corrected chi connectivity index (χ2v) is 8.65. The highest BCUT2D eigenvalue weighted by Gasteiger charge is 2.21. The molecule has 0 atom stereocenters. The molecule has 3 aromatic rings. The summed E-state index contributed by atoms with van der Waals surface area (Å²) in [5.74, 6) is -0.168. The van der Waals surface area contributed by atoms with E-state index in [9.17, 15) is 13.2 Å². The predicted molar refractivity (Wildman–Crippen MR) is 116 cm³/mol. The Labute approximate surface area is 172 Å². The number of sulfonamides is 1. The van der Waals surface area contributed by atoms with Crippen molar-refractivity contribution in [2.45, 2.75) is 17.7 Å². The third-order valence-corrected chi connectivity index (χ3v) is 6.47. The van der Waals surface area contributed by atoms with Crippen molar-refractivity contribution in [1.29, 1.82) is 0 Å². The minimum Gasteiger partial charge on any atom is -0.352 e. The predicted octanol–water partition coefficient (Wildman–Crippen LogP) is 3.87. The van der Waals surface area contributed by atoms with Crippen molar-refractivity contribution >= 4 is 21.6 Å². The van der Waals surface area contributed by atoms with Crippen molar-refractivity contribution in [2.75, 3.05) is 17.9 Å². The van der Waals surface area contributed by atoms with Gasteiger partial charge in [0.1, 0.15) is 0 Å². The molecule has 0 radical (unpaired) electrons. The van der Waals surface area contributed by atoms with Crippen LogP contribution in [-0.4, -0.2) is 27.9 Å². The van der Waals surface area contributed by atoms with Crippen molar-refractivity contribution in [3.63, 3.8) is 0 Å². The molecule has 0 spiro atoms. The van der Waals surface area contributed by atoms with E-state index >= 15 is 0 Å². The number of anilines is 1. The Kier molecular flexibility index (Phi) is 6.67. The molecule has 29 heavy (non-hydrogen) atoms. The highest BCUT2D eigenvalue weighted by atomic mass is 32.2. The van der Waals surface area contributed by atoms with Gasteiger partial charge in [0.2, 0.25) is 0 Å².